The molecule has 0 aliphatic carbocycles. The van der Waals surface area contributed by atoms with E-state index in [0.717, 1.165) is 12.8 Å². The average molecular weight is 264 g/mol. The summed E-state index contributed by atoms with van der Waals surface area (Å²) in [5.41, 5.74) is -0.295. The number of nitrogens with zero attached hydrogens (tertiary/aromatic N) is 1. The summed E-state index contributed by atoms with van der Waals surface area (Å²) in [5.74, 6) is -0.850. The van der Waals surface area contributed by atoms with Crippen molar-refractivity contribution in [3.05, 3.63) is 34.2 Å². The lowest BCUT2D eigenvalue weighted by atomic mass is 10.0. The third kappa shape index (κ3) is 2.67. The third-order valence-corrected chi connectivity index (χ3v) is 3.29. The number of aromatic nitrogens is 1. The minimum absolute atomic E-state index is 0.0540. The van der Waals surface area contributed by atoms with E-state index in [4.69, 9.17) is 4.74 Å². The zero-order valence-electron chi connectivity index (χ0n) is 10.7. The molecule has 6 nitrogen and oxygen atoms in total. The minimum atomic E-state index is -0.592. The Morgan fingerprint density at radius 1 is 1.42 bits per heavy atom. The first-order chi connectivity index (χ1) is 9.15. The number of nitrogens with one attached hydrogen (secondary N) is 1. The molecular formula is C13H16N2O4. The van der Waals surface area contributed by atoms with Gasteiger partial charge >= 0.3 is 5.97 Å². The number of ether oxygens (including phenoxy) is 1. The number of carbonyl (C=O) groups excluding carboxylic acids is 2. The highest BCUT2D eigenvalue weighted by Gasteiger charge is 2.33. The van der Waals surface area contributed by atoms with Gasteiger partial charge in [0.05, 0.1) is 7.11 Å². The van der Waals surface area contributed by atoms with Crippen molar-refractivity contribution in [1.82, 2.24) is 9.88 Å². The van der Waals surface area contributed by atoms with Crippen molar-refractivity contribution in [2.45, 2.75) is 25.3 Å². The number of aromatic amines is 1. The van der Waals surface area contributed by atoms with Crippen LogP contribution in [0.1, 0.15) is 29.6 Å². The number of hydrogen-bond acceptors (Lipinski definition) is 4. The van der Waals surface area contributed by atoms with Crippen molar-refractivity contribution in [1.29, 1.82) is 0 Å². The van der Waals surface area contributed by atoms with Crippen LogP contribution in [0.15, 0.2) is 23.3 Å². The number of carbonyl (C=O) groups is 2. The summed E-state index contributed by atoms with van der Waals surface area (Å²) >= 11 is 0. The summed E-state index contributed by atoms with van der Waals surface area (Å²) in [6, 6.07) is 0.704. The van der Waals surface area contributed by atoms with E-state index in [2.05, 4.69) is 4.98 Å². The minimum Gasteiger partial charge on any atom is -0.467 e. The monoisotopic (exact) mass is 264 g/mol. The van der Waals surface area contributed by atoms with Crippen LogP contribution in [0.5, 0.6) is 0 Å². The van der Waals surface area contributed by atoms with E-state index in [-0.39, 0.29) is 11.0 Å². The Kier molecular flexibility index (Phi) is 3.99. The predicted octanol–water partition coefficient (Wildman–Crippen LogP) is 0.543. The number of H-pyrrole nitrogens is 1. The number of amides is 1. The Morgan fingerprint density at radius 3 is 2.89 bits per heavy atom. The molecule has 0 spiro atoms. The van der Waals surface area contributed by atoms with E-state index < -0.39 is 17.9 Å². The van der Waals surface area contributed by atoms with Gasteiger partial charge in [0, 0.05) is 25.0 Å². The maximum absolute atomic E-state index is 12.3. The van der Waals surface area contributed by atoms with Gasteiger partial charge in [-0.05, 0) is 19.3 Å². The van der Waals surface area contributed by atoms with E-state index in [9.17, 15) is 14.4 Å². The Hall–Kier alpha value is -2.11. The molecule has 102 valence electrons. The normalized spacial score (nSPS) is 19.0. The summed E-state index contributed by atoms with van der Waals surface area (Å²) < 4.78 is 4.72. The van der Waals surface area contributed by atoms with Gasteiger partial charge in [-0.2, -0.15) is 0 Å². The lowest BCUT2D eigenvalue weighted by Gasteiger charge is -2.33. The second-order valence-electron chi connectivity index (χ2n) is 4.46. The van der Waals surface area contributed by atoms with Crippen molar-refractivity contribution in [3.63, 3.8) is 0 Å². The lowest BCUT2D eigenvalue weighted by Crippen LogP contribution is -2.49. The van der Waals surface area contributed by atoms with Gasteiger partial charge in [-0.3, -0.25) is 9.59 Å². The van der Waals surface area contributed by atoms with Crippen LogP contribution < -0.4 is 5.43 Å². The zero-order chi connectivity index (χ0) is 13.8. The molecule has 1 amide bonds. The second-order valence-corrected chi connectivity index (χ2v) is 4.46. The van der Waals surface area contributed by atoms with E-state index >= 15 is 0 Å². The molecule has 0 radical (unpaired) electrons. The molecule has 19 heavy (non-hydrogen) atoms. The van der Waals surface area contributed by atoms with Crippen molar-refractivity contribution in [2.24, 2.45) is 0 Å². The van der Waals surface area contributed by atoms with Crippen LogP contribution in [-0.2, 0) is 9.53 Å². The fourth-order valence-electron chi connectivity index (χ4n) is 2.29. The third-order valence-electron chi connectivity index (χ3n) is 3.29. The highest BCUT2D eigenvalue weighted by atomic mass is 16.5. The first kappa shape index (κ1) is 13.3. The molecule has 1 aliphatic rings. The van der Waals surface area contributed by atoms with Crippen LogP contribution in [0, 0.1) is 0 Å². The summed E-state index contributed by atoms with van der Waals surface area (Å²) in [6.07, 6.45) is 5.10. The van der Waals surface area contributed by atoms with Gasteiger partial charge in [-0.15, -0.1) is 0 Å². The van der Waals surface area contributed by atoms with Gasteiger partial charge in [0.15, 0.2) is 5.43 Å². The van der Waals surface area contributed by atoms with Crippen LogP contribution >= 0.6 is 0 Å². The summed E-state index contributed by atoms with van der Waals surface area (Å²) in [4.78, 5) is 39.9. The molecule has 6 heteroatoms. The van der Waals surface area contributed by atoms with Gasteiger partial charge in [0.25, 0.3) is 5.91 Å². The van der Waals surface area contributed by atoms with Gasteiger partial charge < -0.3 is 14.6 Å². The predicted molar refractivity (Wildman–Crippen MR) is 67.8 cm³/mol. The topological polar surface area (TPSA) is 79.5 Å². The average Bonchev–Trinajstić information content (AvgIpc) is 2.46. The lowest BCUT2D eigenvalue weighted by molar-refractivity contribution is -0.147. The molecule has 1 aromatic heterocycles. The van der Waals surface area contributed by atoms with E-state index in [1.165, 1.54) is 30.5 Å². The van der Waals surface area contributed by atoms with Crippen molar-refractivity contribution in [2.75, 3.05) is 13.7 Å². The SMILES string of the molecule is COC(=O)C1CCCCN1C(=O)c1c[nH]ccc1=O. The van der Waals surface area contributed by atoms with Gasteiger partial charge in [-0.25, -0.2) is 4.79 Å². The van der Waals surface area contributed by atoms with Crippen molar-refractivity contribution >= 4 is 11.9 Å². The number of esters is 1. The molecule has 0 bridgehead atoms. The Bertz CT molecular complexity index is 537. The second kappa shape index (κ2) is 5.69. The summed E-state index contributed by atoms with van der Waals surface area (Å²) in [7, 11) is 1.30. The first-order valence-electron chi connectivity index (χ1n) is 6.21. The molecule has 1 fully saturated rings. The molecule has 0 aromatic carbocycles. The largest absolute Gasteiger partial charge is 0.467 e. The highest BCUT2D eigenvalue weighted by molar-refractivity contribution is 5.96. The fraction of sp³-hybridized carbons (Fsp3) is 0.462. The fourth-order valence-corrected chi connectivity index (χ4v) is 2.29. The van der Waals surface area contributed by atoms with E-state index in [0.29, 0.717) is 13.0 Å². The van der Waals surface area contributed by atoms with E-state index in [1.54, 1.807) is 0 Å². The number of methoxy groups -OCH3 is 1. The molecular weight excluding hydrogens is 248 g/mol. The number of hydrogen-bond donors (Lipinski definition) is 1. The molecule has 2 heterocycles. The number of likely N-dealkylation sites (tertiary alicyclic amines) is 1. The first-order valence-corrected chi connectivity index (χ1v) is 6.21. The highest BCUT2D eigenvalue weighted by Crippen LogP contribution is 2.19. The van der Waals surface area contributed by atoms with Gasteiger partial charge in [0.2, 0.25) is 0 Å². The molecule has 1 aromatic rings. The van der Waals surface area contributed by atoms with Crippen molar-refractivity contribution < 1.29 is 14.3 Å². The van der Waals surface area contributed by atoms with E-state index in [1.807, 2.05) is 0 Å². The molecule has 1 aliphatic heterocycles. The summed E-state index contributed by atoms with van der Waals surface area (Å²) in [6.45, 7) is 0.465. The quantitative estimate of drug-likeness (QED) is 0.791. The molecule has 1 saturated heterocycles. The molecule has 1 unspecified atom stereocenters. The zero-order valence-corrected chi connectivity index (χ0v) is 10.7. The smallest absolute Gasteiger partial charge is 0.328 e. The van der Waals surface area contributed by atoms with Crippen LogP contribution in [0.3, 0.4) is 0 Å². The number of rotatable bonds is 2. The van der Waals surface area contributed by atoms with Crippen LogP contribution in [0.25, 0.3) is 0 Å². The Labute approximate surface area is 110 Å². The van der Waals surface area contributed by atoms with Gasteiger partial charge in [0.1, 0.15) is 11.6 Å². The molecule has 1 N–H and O–H groups in total. The van der Waals surface area contributed by atoms with Crippen LogP contribution in [0.2, 0.25) is 0 Å². The molecule has 0 saturated carbocycles. The Balaban J connectivity index is 2.28. The number of piperidine rings is 1. The maximum atomic E-state index is 12.3. The van der Waals surface area contributed by atoms with Crippen LogP contribution in [0.4, 0.5) is 0 Å². The van der Waals surface area contributed by atoms with Crippen molar-refractivity contribution in [3.8, 4) is 0 Å². The standard InChI is InChI=1S/C13H16N2O4/c1-19-13(18)10-4-2-3-7-15(10)12(17)9-8-14-6-5-11(9)16/h5-6,8,10H,2-4,7H2,1H3,(H,14,16). The Morgan fingerprint density at radius 2 is 2.21 bits per heavy atom. The maximum Gasteiger partial charge on any atom is 0.328 e. The molecule has 1 atom stereocenters. The molecule has 2 rings (SSSR count). The van der Waals surface area contributed by atoms with Gasteiger partial charge in [-0.1, -0.05) is 0 Å². The number of pyridine rings is 1. The summed E-state index contributed by atoms with van der Waals surface area (Å²) in [5, 5.41) is 0. The van der Waals surface area contributed by atoms with Crippen LogP contribution in [-0.4, -0.2) is 41.5 Å².